The molecule has 0 amide bonds. The highest BCUT2D eigenvalue weighted by Gasteiger charge is 2.17. The van der Waals surface area contributed by atoms with Gasteiger partial charge in [-0.3, -0.25) is 10.1 Å². The number of nitrogens with one attached hydrogen (secondary N) is 1. The number of aromatic amines is 1. The second-order valence-corrected chi connectivity index (χ2v) is 8.64. The van der Waals surface area contributed by atoms with Crippen LogP contribution in [-0.2, 0) is 6.54 Å². The summed E-state index contributed by atoms with van der Waals surface area (Å²) >= 11 is 6.39. The number of rotatable bonds is 6. The summed E-state index contributed by atoms with van der Waals surface area (Å²) < 4.78 is 7.61. The zero-order valence-corrected chi connectivity index (χ0v) is 19.3. The van der Waals surface area contributed by atoms with Crippen LogP contribution in [0.1, 0.15) is 54.5 Å². The zero-order valence-electron chi connectivity index (χ0n) is 18.6. The summed E-state index contributed by atoms with van der Waals surface area (Å²) in [6, 6.07) is 0. The minimum absolute atomic E-state index is 0.525. The fourth-order valence-electron chi connectivity index (χ4n) is 4.38. The second kappa shape index (κ2) is 9.76. The molecule has 1 N–H and O–H groups in total. The summed E-state index contributed by atoms with van der Waals surface area (Å²) in [5.41, 5.74) is 4.71. The van der Waals surface area contributed by atoms with Crippen molar-refractivity contribution in [2.45, 2.75) is 52.5 Å². The molecule has 0 unspecified atom stereocenters. The molecular formula is C24H30ClN5O. The van der Waals surface area contributed by atoms with E-state index in [9.17, 15) is 0 Å². The average molecular weight is 440 g/mol. The largest absolute Gasteiger partial charge is 0.496 e. The van der Waals surface area contributed by atoms with E-state index in [0.29, 0.717) is 11.7 Å². The molecule has 7 heteroatoms. The molecule has 3 aromatic heterocycles. The van der Waals surface area contributed by atoms with Crippen molar-refractivity contribution in [1.82, 2.24) is 24.6 Å². The molecule has 6 nitrogen and oxygen atoms in total. The van der Waals surface area contributed by atoms with Gasteiger partial charge < -0.3 is 14.2 Å². The fourth-order valence-corrected chi connectivity index (χ4v) is 4.61. The van der Waals surface area contributed by atoms with Crippen LogP contribution in [0.5, 0.6) is 5.75 Å². The fraction of sp³-hybridized carbons (Fsp3) is 0.500. The topological polar surface area (TPSA) is 59.0 Å². The van der Waals surface area contributed by atoms with Gasteiger partial charge in [0.05, 0.1) is 30.3 Å². The second-order valence-electron chi connectivity index (χ2n) is 8.26. The van der Waals surface area contributed by atoms with Crippen molar-refractivity contribution in [3.05, 3.63) is 39.9 Å². The molecule has 0 radical (unpaired) electrons. The Morgan fingerprint density at radius 3 is 2.81 bits per heavy atom. The molecule has 0 atom stereocenters. The molecule has 0 spiro atoms. The number of hydrogen-bond donors (Lipinski definition) is 1. The van der Waals surface area contributed by atoms with Crippen LogP contribution in [0.3, 0.4) is 0 Å². The first kappa shape index (κ1) is 21.7. The number of aromatic nitrogens is 4. The molecule has 164 valence electrons. The predicted molar refractivity (Wildman–Crippen MR) is 125 cm³/mol. The Hall–Kier alpha value is -2.49. The maximum atomic E-state index is 6.39. The summed E-state index contributed by atoms with van der Waals surface area (Å²) in [5.74, 6) is 7.54. The molecule has 1 saturated heterocycles. The molecule has 0 saturated carbocycles. The van der Waals surface area contributed by atoms with E-state index in [2.05, 4.69) is 36.5 Å². The van der Waals surface area contributed by atoms with Gasteiger partial charge in [0.2, 0.25) is 0 Å². The van der Waals surface area contributed by atoms with Gasteiger partial charge in [-0.25, -0.2) is 0 Å². The molecule has 1 fully saturated rings. The van der Waals surface area contributed by atoms with Crippen molar-refractivity contribution in [3.63, 3.8) is 0 Å². The molecule has 4 rings (SSSR count). The number of methoxy groups -OCH3 is 1. The molecule has 4 heterocycles. The molecule has 1 aliphatic rings. The van der Waals surface area contributed by atoms with Crippen LogP contribution in [0.15, 0.2) is 12.4 Å². The van der Waals surface area contributed by atoms with Crippen LogP contribution in [-0.4, -0.2) is 51.4 Å². The summed E-state index contributed by atoms with van der Waals surface area (Å²) in [6.07, 6.45) is 9.90. The number of H-pyrrole nitrogens is 1. The van der Waals surface area contributed by atoms with Crippen molar-refractivity contribution < 1.29 is 4.74 Å². The van der Waals surface area contributed by atoms with Gasteiger partial charge in [-0.15, -0.1) is 0 Å². The van der Waals surface area contributed by atoms with E-state index in [4.69, 9.17) is 16.3 Å². The predicted octanol–water partition coefficient (Wildman–Crippen LogP) is 4.70. The number of aryl methyl sites for hydroxylation is 1. The van der Waals surface area contributed by atoms with Crippen molar-refractivity contribution in [1.29, 1.82) is 0 Å². The lowest BCUT2D eigenvalue weighted by Gasteiger charge is -2.25. The summed E-state index contributed by atoms with van der Waals surface area (Å²) in [5, 5.41) is 8.69. The van der Waals surface area contributed by atoms with Gasteiger partial charge in [0.15, 0.2) is 5.65 Å². The Bertz CT molecular complexity index is 1110. The third-order valence-corrected chi connectivity index (χ3v) is 6.32. The molecular weight excluding hydrogens is 410 g/mol. The van der Waals surface area contributed by atoms with Crippen LogP contribution in [0.2, 0.25) is 5.15 Å². The standard InChI is InChI=1S/C24H30ClN5O/c1-17-14-26-20(18(2)22(17)31-3)16-30-15-19(21-23(25)27-28-24(21)30)10-6-4-7-11-29-12-8-5-9-13-29/h14-15H,4-5,7-9,11-13,16H2,1-3H3,(H,27,28). The smallest absolute Gasteiger partial charge is 0.164 e. The molecule has 3 aromatic rings. The SMILES string of the molecule is COc1c(C)cnc(Cn2cc(C#CCCCN3CCCCC3)c3c(Cl)[nH]nc32)c1C. The first-order chi connectivity index (χ1) is 15.1. The monoisotopic (exact) mass is 439 g/mol. The van der Waals surface area contributed by atoms with Gasteiger partial charge in [-0.2, -0.15) is 5.10 Å². The van der Waals surface area contributed by atoms with Crippen LogP contribution in [0, 0.1) is 25.7 Å². The molecule has 1 aliphatic heterocycles. The number of piperidine rings is 1. The minimum atomic E-state index is 0.525. The third-order valence-electron chi connectivity index (χ3n) is 6.05. The maximum Gasteiger partial charge on any atom is 0.164 e. The minimum Gasteiger partial charge on any atom is -0.496 e. The van der Waals surface area contributed by atoms with Gasteiger partial charge >= 0.3 is 0 Å². The number of pyridine rings is 1. The molecule has 31 heavy (non-hydrogen) atoms. The normalized spacial score (nSPS) is 14.6. The lowest BCUT2D eigenvalue weighted by Crippen LogP contribution is -2.30. The first-order valence-electron chi connectivity index (χ1n) is 11.0. The van der Waals surface area contributed by atoms with Gasteiger partial charge in [0.1, 0.15) is 10.9 Å². The van der Waals surface area contributed by atoms with Crippen molar-refractivity contribution in [2.24, 2.45) is 0 Å². The van der Waals surface area contributed by atoms with E-state index in [1.54, 1.807) is 7.11 Å². The van der Waals surface area contributed by atoms with E-state index in [1.807, 2.05) is 26.2 Å². The Morgan fingerprint density at radius 2 is 2.03 bits per heavy atom. The molecule has 0 aliphatic carbocycles. The number of fused-ring (bicyclic) bond motifs is 1. The Labute approximate surface area is 188 Å². The average Bonchev–Trinajstić information content (AvgIpc) is 3.32. The Kier molecular flexibility index (Phi) is 6.84. The quantitative estimate of drug-likeness (QED) is 0.446. The number of ether oxygens (including phenoxy) is 1. The lowest BCUT2D eigenvalue weighted by atomic mass is 10.1. The van der Waals surface area contributed by atoms with Crippen molar-refractivity contribution in [2.75, 3.05) is 26.7 Å². The summed E-state index contributed by atoms with van der Waals surface area (Å²) in [6.45, 7) is 8.23. The van der Waals surface area contributed by atoms with E-state index < -0.39 is 0 Å². The zero-order chi connectivity index (χ0) is 21.8. The Morgan fingerprint density at radius 1 is 1.23 bits per heavy atom. The van der Waals surface area contributed by atoms with Crippen molar-refractivity contribution in [3.8, 4) is 17.6 Å². The van der Waals surface area contributed by atoms with E-state index in [0.717, 1.165) is 58.6 Å². The number of unbranched alkanes of at least 4 members (excludes halogenated alkanes) is 1. The number of halogens is 1. The van der Waals surface area contributed by atoms with Crippen LogP contribution < -0.4 is 4.74 Å². The van der Waals surface area contributed by atoms with Gasteiger partial charge in [0, 0.05) is 29.9 Å². The number of hydrogen-bond acceptors (Lipinski definition) is 4. The molecule has 0 aromatic carbocycles. The highest BCUT2D eigenvalue weighted by Crippen LogP contribution is 2.29. The molecule has 0 bridgehead atoms. The van der Waals surface area contributed by atoms with E-state index >= 15 is 0 Å². The van der Waals surface area contributed by atoms with Gasteiger partial charge in [-0.1, -0.05) is 29.9 Å². The number of nitrogens with zero attached hydrogens (tertiary/aromatic N) is 4. The lowest BCUT2D eigenvalue weighted by molar-refractivity contribution is 0.227. The Balaban J connectivity index is 1.51. The highest BCUT2D eigenvalue weighted by molar-refractivity contribution is 6.34. The van der Waals surface area contributed by atoms with Crippen molar-refractivity contribution >= 4 is 22.6 Å². The maximum absolute atomic E-state index is 6.39. The van der Waals surface area contributed by atoms with Crippen LogP contribution in [0.25, 0.3) is 11.0 Å². The van der Waals surface area contributed by atoms with Crippen LogP contribution in [0.4, 0.5) is 0 Å². The van der Waals surface area contributed by atoms with Gasteiger partial charge in [-0.05, 0) is 52.7 Å². The summed E-state index contributed by atoms with van der Waals surface area (Å²) in [4.78, 5) is 7.18. The summed E-state index contributed by atoms with van der Waals surface area (Å²) in [7, 11) is 1.69. The van der Waals surface area contributed by atoms with Gasteiger partial charge in [0.25, 0.3) is 0 Å². The van der Waals surface area contributed by atoms with E-state index in [-0.39, 0.29) is 0 Å². The number of likely N-dealkylation sites (tertiary alicyclic amines) is 1. The first-order valence-corrected chi connectivity index (χ1v) is 11.4. The highest BCUT2D eigenvalue weighted by atomic mass is 35.5. The van der Waals surface area contributed by atoms with Crippen LogP contribution >= 0.6 is 11.6 Å². The van der Waals surface area contributed by atoms with E-state index in [1.165, 1.54) is 32.4 Å². The third kappa shape index (κ3) is 4.73.